The minimum absolute atomic E-state index is 0. The van der Waals surface area contributed by atoms with Crippen LogP contribution in [0.5, 0.6) is 0 Å². The van der Waals surface area contributed by atoms with E-state index in [1.54, 1.807) is 0 Å². The summed E-state index contributed by atoms with van der Waals surface area (Å²) in [6.07, 6.45) is 0. The second-order valence-corrected chi connectivity index (χ2v) is 1.34. The van der Waals surface area contributed by atoms with Crippen molar-refractivity contribution in [3.63, 3.8) is 0 Å². The molecule has 0 radical (unpaired) electrons. The van der Waals surface area contributed by atoms with Gasteiger partial charge in [-0.15, -0.1) is 0 Å². The fourth-order valence-corrected chi connectivity index (χ4v) is 0. The second kappa shape index (κ2) is 5.13. The molecule has 0 amide bonds. The quantitative estimate of drug-likeness (QED) is 0.285. The maximum absolute atomic E-state index is 8.74. The summed E-state index contributed by atoms with van der Waals surface area (Å²) in [7, 11) is -4.67. The molecule has 0 rings (SSSR count). The molecule has 0 saturated heterocycles. The maximum Gasteiger partial charge on any atom is 1.00 e. The van der Waals surface area contributed by atoms with E-state index in [1.165, 1.54) is 0 Å². The Morgan fingerprint density at radius 3 is 1.29 bits per heavy atom. The Morgan fingerprint density at radius 1 is 1.29 bits per heavy atom. The van der Waals surface area contributed by atoms with E-state index < -0.39 is 10.4 Å². The first-order valence-electron chi connectivity index (χ1n) is 0.698. The van der Waals surface area contributed by atoms with E-state index in [2.05, 4.69) is 0 Å². The summed E-state index contributed by atoms with van der Waals surface area (Å²) in [4.78, 5) is 0. The van der Waals surface area contributed by atoms with Crippen LogP contribution in [0.1, 0.15) is 1.43 Å². The monoisotopic (exact) mass is 162 g/mol. The molecule has 0 aliphatic heterocycles. The maximum atomic E-state index is 8.74. The van der Waals surface area contributed by atoms with Gasteiger partial charge >= 0.3 is 29.3 Å². The van der Waals surface area contributed by atoms with Crippen molar-refractivity contribution in [2.24, 2.45) is 0 Å². The van der Waals surface area contributed by atoms with E-state index in [0.717, 1.165) is 0 Å². The topological polar surface area (TPSA) is 74.6 Å². The first-order chi connectivity index (χ1) is 2.00. The minimum atomic E-state index is -4.67. The molecule has 4 nitrogen and oxygen atoms in total. The normalized spacial score (nSPS) is 8.29. The average molecular weight is 162 g/mol. The third-order valence-electron chi connectivity index (χ3n) is 0. The van der Waals surface area contributed by atoms with Crippen LogP contribution in [0.2, 0.25) is 0 Å². The molecular weight excluding hydrogens is 159 g/mol. The Hall–Kier alpha value is 0.987. The van der Waals surface area contributed by atoms with Crippen LogP contribution in [0.15, 0.2) is 0 Å². The predicted octanol–water partition coefficient (Wildman–Crippen LogP) is -3.54. The number of hydrogen-bond donors (Lipinski definition) is 2. The van der Waals surface area contributed by atoms with Crippen LogP contribution in [0.4, 0.5) is 0 Å². The van der Waals surface area contributed by atoms with E-state index in [9.17, 15) is 0 Å². The summed E-state index contributed by atoms with van der Waals surface area (Å²) in [6.45, 7) is 0. The largest absolute Gasteiger partial charge is 1.00 e. The van der Waals surface area contributed by atoms with Crippen LogP contribution in [0, 0.1) is 0 Å². The van der Waals surface area contributed by atoms with Crippen molar-refractivity contribution in [2.75, 3.05) is 0 Å². The van der Waals surface area contributed by atoms with Crippen LogP contribution in [-0.2, 0) is 27.5 Å². The third-order valence-corrected chi connectivity index (χ3v) is 0. The fraction of sp³-hybridized carbons (Fsp3) is 0. The first kappa shape index (κ1) is 15.7. The summed E-state index contributed by atoms with van der Waals surface area (Å²) >= 11 is 0. The predicted molar refractivity (Wildman–Crippen MR) is 15.3 cm³/mol. The zero-order valence-corrected chi connectivity index (χ0v) is 5.39. The summed E-state index contributed by atoms with van der Waals surface area (Å²) < 4.78 is 31.6. The van der Waals surface area contributed by atoms with Crippen molar-refractivity contribution in [2.45, 2.75) is 0 Å². The van der Waals surface area contributed by atoms with E-state index >= 15 is 0 Å². The molecule has 7 heavy (non-hydrogen) atoms. The summed E-state index contributed by atoms with van der Waals surface area (Å²) in [6, 6.07) is 0. The van der Waals surface area contributed by atoms with Crippen LogP contribution < -0.4 is 18.9 Å². The van der Waals surface area contributed by atoms with Gasteiger partial charge in [0, 0.05) is 17.1 Å². The van der Waals surface area contributed by atoms with Gasteiger partial charge in [0.05, 0.1) is 0 Å². The molecule has 0 spiro atoms. The Balaban J connectivity index is -0.0000000267. The van der Waals surface area contributed by atoms with Crippen LogP contribution in [0.25, 0.3) is 0 Å². The van der Waals surface area contributed by atoms with Gasteiger partial charge in [-0.3, -0.25) is 9.11 Å². The molecule has 0 heterocycles. The molecular formula is H3FeLiO4S. The smallest absolute Gasteiger partial charge is 1.00 e. The third kappa shape index (κ3) is 178. The Bertz CT molecular complexity index is 99.2. The summed E-state index contributed by atoms with van der Waals surface area (Å²) in [5, 5.41) is 0. The standard InChI is InChI=1S/Fe.Li.H2O4S.H/c;;1-5(2,3)4;/h;;(H2,1,2,3,4);/q;+1;;-1. The van der Waals surface area contributed by atoms with Gasteiger partial charge in [0.1, 0.15) is 0 Å². The molecule has 0 aromatic rings. The number of hydrogen-bond acceptors (Lipinski definition) is 2. The SMILES string of the molecule is O=S(=O)(O)O.[Fe].[H-].[Li+]. The Labute approximate surface area is 65.4 Å². The van der Waals surface area contributed by atoms with Crippen molar-refractivity contribution in [1.82, 2.24) is 0 Å². The molecule has 2 N–H and O–H groups in total. The number of rotatable bonds is 0. The molecule has 0 aromatic carbocycles. The summed E-state index contributed by atoms with van der Waals surface area (Å²) in [5.41, 5.74) is 0. The molecule has 0 bridgehead atoms. The molecule has 0 aliphatic rings. The van der Waals surface area contributed by atoms with Gasteiger partial charge in [0.15, 0.2) is 0 Å². The second-order valence-electron chi connectivity index (χ2n) is 0.448. The van der Waals surface area contributed by atoms with E-state index in [1.807, 2.05) is 0 Å². The van der Waals surface area contributed by atoms with Gasteiger partial charge in [-0.2, -0.15) is 8.42 Å². The fourth-order valence-electron chi connectivity index (χ4n) is 0. The first-order valence-corrected chi connectivity index (χ1v) is 2.10. The average Bonchev–Trinajstić information content (AvgIpc) is 0.722. The van der Waals surface area contributed by atoms with Crippen molar-refractivity contribution < 1.29 is 54.9 Å². The summed E-state index contributed by atoms with van der Waals surface area (Å²) in [5.74, 6) is 0. The molecule has 0 fully saturated rings. The van der Waals surface area contributed by atoms with Crippen LogP contribution >= 0.6 is 0 Å². The van der Waals surface area contributed by atoms with E-state index in [4.69, 9.17) is 17.5 Å². The van der Waals surface area contributed by atoms with E-state index in [0.29, 0.717) is 0 Å². The van der Waals surface area contributed by atoms with Crippen molar-refractivity contribution >= 4 is 10.4 Å². The minimum Gasteiger partial charge on any atom is -1.00 e. The van der Waals surface area contributed by atoms with Gasteiger partial charge in [-0.1, -0.05) is 0 Å². The molecule has 0 aliphatic carbocycles. The van der Waals surface area contributed by atoms with Crippen LogP contribution in [-0.4, -0.2) is 17.5 Å². The van der Waals surface area contributed by atoms with Gasteiger partial charge < -0.3 is 1.43 Å². The van der Waals surface area contributed by atoms with Crippen molar-refractivity contribution in [3.05, 3.63) is 0 Å². The molecule has 0 atom stereocenters. The zero-order chi connectivity index (χ0) is 4.50. The Kier molecular flexibility index (Phi) is 11.5. The molecule has 0 unspecified atom stereocenters. The molecule has 42 valence electrons. The molecule has 7 heteroatoms. The van der Waals surface area contributed by atoms with Gasteiger partial charge in [-0.05, 0) is 0 Å². The molecule has 0 aromatic heterocycles. The van der Waals surface area contributed by atoms with Crippen molar-refractivity contribution in [1.29, 1.82) is 0 Å². The Morgan fingerprint density at radius 2 is 1.29 bits per heavy atom. The molecule has 0 saturated carbocycles. The van der Waals surface area contributed by atoms with E-state index in [-0.39, 0.29) is 37.4 Å². The van der Waals surface area contributed by atoms with Gasteiger partial charge in [0.2, 0.25) is 0 Å². The van der Waals surface area contributed by atoms with Gasteiger partial charge in [-0.25, -0.2) is 0 Å². The van der Waals surface area contributed by atoms with Gasteiger partial charge in [0.25, 0.3) is 0 Å². The zero-order valence-electron chi connectivity index (χ0n) is 4.47. The van der Waals surface area contributed by atoms with Crippen molar-refractivity contribution in [3.8, 4) is 0 Å². The van der Waals surface area contributed by atoms with Crippen LogP contribution in [0.3, 0.4) is 0 Å².